The lowest BCUT2D eigenvalue weighted by molar-refractivity contribution is -0.144. The van der Waals surface area contributed by atoms with Crippen LogP contribution in [-0.2, 0) is 15.8 Å². The number of carbonyl (C=O) groups is 2. The van der Waals surface area contributed by atoms with E-state index in [1.165, 1.54) is 0 Å². The Bertz CT molecular complexity index is 841. The molecule has 2 N–H and O–H groups in total. The number of aromatic nitrogens is 3. The number of benzene rings is 1. The highest BCUT2D eigenvalue weighted by Crippen LogP contribution is 2.26. The van der Waals surface area contributed by atoms with Gasteiger partial charge in [-0.15, -0.1) is 5.10 Å². The average Bonchev–Trinajstić information content (AvgIpc) is 3.18. The van der Waals surface area contributed by atoms with Gasteiger partial charge in [0.2, 0.25) is 23.6 Å². The number of carbonyl (C=O) groups excluding carboxylic acids is 2. The number of H-pyrrole nitrogens is 1. The second kappa shape index (κ2) is 8.93. The van der Waals surface area contributed by atoms with Crippen molar-refractivity contribution in [1.82, 2.24) is 20.1 Å². The van der Waals surface area contributed by atoms with E-state index in [1.54, 1.807) is 22.1 Å². The first-order valence-electron chi connectivity index (χ1n) is 9.09. The zero-order valence-electron chi connectivity index (χ0n) is 15.4. The van der Waals surface area contributed by atoms with E-state index in [1.807, 2.05) is 18.2 Å². The first kappa shape index (κ1) is 20.6. The topological polar surface area (TPSA) is 100 Å². The predicted molar refractivity (Wildman–Crippen MR) is 95.9 cm³/mol. The van der Waals surface area contributed by atoms with Crippen LogP contribution in [0.4, 0.5) is 19.1 Å². The molecule has 0 radical (unpaired) electrons. The Kier molecular flexibility index (Phi) is 6.35. The number of nitrogens with zero attached hydrogens (tertiary/aromatic N) is 3. The van der Waals surface area contributed by atoms with Crippen molar-refractivity contribution in [3.63, 3.8) is 0 Å². The summed E-state index contributed by atoms with van der Waals surface area (Å²) in [4.78, 5) is 29.5. The van der Waals surface area contributed by atoms with Gasteiger partial charge in [0.1, 0.15) is 5.75 Å². The average molecular weight is 411 g/mol. The molecule has 2 heterocycles. The number of halogens is 3. The number of alkyl halides is 3. The molecule has 1 aliphatic rings. The van der Waals surface area contributed by atoms with Crippen LogP contribution in [0.25, 0.3) is 0 Å². The van der Waals surface area contributed by atoms with E-state index < -0.39 is 29.8 Å². The molecule has 29 heavy (non-hydrogen) atoms. The normalized spacial score (nSPS) is 17.1. The third-order valence-corrected chi connectivity index (χ3v) is 4.46. The van der Waals surface area contributed by atoms with Gasteiger partial charge in [0, 0.05) is 13.1 Å². The molecule has 8 nitrogen and oxygen atoms in total. The molecule has 2 amide bonds. The Morgan fingerprint density at radius 2 is 2.03 bits per heavy atom. The minimum absolute atomic E-state index is 0.143. The summed E-state index contributed by atoms with van der Waals surface area (Å²) < 4.78 is 43.1. The van der Waals surface area contributed by atoms with Gasteiger partial charge >= 0.3 is 6.18 Å². The molecule has 2 aromatic rings. The highest BCUT2D eigenvalue weighted by atomic mass is 19.4. The first-order chi connectivity index (χ1) is 13.8. The molecule has 1 saturated heterocycles. The number of para-hydroxylation sites is 1. The van der Waals surface area contributed by atoms with Crippen molar-refractivity contribution in [3.8, 4) is 5.75 Å². The maximum absolute atomic E-state index is 12.5. The summed E-state index contributed by atoms with van der Waals surface area (Å²) in [5.41, 5.74) is 0. The fourth-order valence-electron chi connectivity index (χ4n) is 3.01. The van der Waals surface area contributed by atoms with E-state index in [0.29, 0.717) is 25.1 Å². The summed E-state index contributed by atoms with van der Waals surface area (Å²) in [6.07, 6.45) is -3.37. The Morgan fingerprint density at radius 1 is 1.28 bits per heavy atom. The van der Waals surface area contributed by atoms with Gasteiger partial charge in [0.15, 0.2) is 0 Å². The molecule has 1 aromatic heterocycles. The van der Waals surface area contributed by atoms with E-state index in [0.717, 1.165) is 0 Å². The van der Waals surface area contributed by atoms with Crippen molar-refractivity contribution in [2.75, 3.05) is 25.0 Å². The number of piperidine rings is 1. The van der Waals surface area contributed by atoms with Gasteiger partial charge < -0.3 is 9.64 Å². The van der Waals surface area contributed by atoms with Crippen LogP contribution < -0.4 is 10.1 Å². The first-order valence-corrected chi connectivity index (χ1v) is 9.09. The molecule has 1 aliphatic heterocycles. The molecular weight excluding hydrogens is 391 g/mol. The van der Waals surface area contributed by atoms with Crippen LogP contribution in [0.1, 0.15) is 25.1 Å². The van der Waals surface area contributed by atoms with Crippen LogP contribution in [-0.4, -0.2) is 51.6 Å². The highest BCUT2D eigenvalue weighted by molar-refractivity contribution is 5.91. The van der Waals surface area contributed by atoms with Gasteiger partial charge in [0.25, 0.3) is 0 Å². The molecule has 11 heteroatoms. The zero-order chi connectivity index (χ0) is 20.9. The summed E-state index contributed by atoms with van der Waals surface area (Å²) in [5, 5.41) is 7.37. The fourth-order valence-corrected chi connectivity index (χ4v) is 3.01. The molecular formula is C18H20F3N5O3. The van der Waals surface area contributed by atoms with Crippen molar-refractivity contribution in [1.29, 1.82) is 0 Å². The Balaban J connectivity index is 1.48. The fraction of sp³-hybridized carbons (Fsp3) is 0.444. The van der Waals surface area contributed by atoms with Crippen molar-refractivity contribution in [2.45, 2.75) is 25.4 Å². The number of ether oxygens (including phenoxy) is 1. The van der Waals surface area contributed by atoms with Crippen molar-refractivity contribution in [3.05, 3.63) is 36.2 Å². The van der Waals surface area contributed by atoms with Gasteiger partial charge in [0.05, 0.1) is 18.9 Å². The van der Waals surface area contributed by atoms with E-state index in [2.05, 4.69) is 15.4 Å². The Morgan fingerprint density at radius 3 is 2.72 bits per heavy atom. The molecule has 1 fully saturated rings. The minimum atomic E-state index is -4.67. The largest absolute Gasteiger partial charge is 0.493 e. The summed E-state index contributed by atoms with van der Waals surface area (Å²) in [6, 6.07) is 9.10. The van der Waals surface area contributed by atoms with Crippen LogP contribution in [0.3, 0.4) is 0 Å². The van der Waals surface area contributed by atoms with Crippen LogP contribution >= 0.6 is 0 Å². The van der Waals surface area contributed by atoms with Gasteiger partial charge in [-0.2, -0.15) is 18.2 Å². The molecule has 0 aliphatic carbocycles. The second-order valence-electron chi connectivity index (χ2n) is 6.59. The minimum Gasteiger partial charge on any atom is -0.493 e. The van der Waals surface area contributed by atoms with Crippen molar-refractivity contribution in [2.24, 2.45) is 5.92 Å². The predicted octanol–water partition coefficient (Wildman–Crippen LogP) is 2.47. The van der Waals surface area contributed by atoms with Gasteiger partial charge in [-0.1, -0.05) is 18.2 Å². The molecule has 3 rings (SSSR count). The molecule has 0 spiro atoms. The van der Waals surface area contributed by atoms with E-state index in [9.17, 15) is 22.8 Å². The van der Waals surface area contributed by atoms with Crippen LogP contribution in [0.5, 0.6) is 5.75 Å². The second-order valence-corrected chi connectivity index (χ2v) is 6.59. The number of amides is 2. The summed E-state index contributed by atoms with van der Waals surface area (Å²) in [6.45, 7) is 0.924. The summed E-state index contributed by atoms with van der Waals surface area (Å²) in [7, 11) is 0. The monoisotopic (exact) mass is 411 g/mol. The Labute approximate surface area is 164 Å². The zero-order valence-corrected chi connectivity index (χ0v) is 15.4. The molecule has 1 aromatic carbocycles. The van der Waals surface area contributed by atoms with E-state index in [-0.39, 0.29) is 25.5 Å². The lowest BCUT2D eigenvalue weighted by Crippen LogP contribution is -2.44. The quantitative estimate of drug-likeness (QED) is 0.761. The van der Waals surface area contributed by atoms with Gasteiger partial charge in [-0.05, 0) is 25.0 Å². The van der Waals surface area contributed by atoms with Gasteiger partial charge in [-0.3, -0.25) is 20.0 Å². The SMILES string of the molecule is O=C(Nc1n[nH]c(C(F)(F)F)n1)C1CCCN(C(=O)CCOc2ccccc2)C1. The number of likely N-dealkylation sites (tertiary alicyclic amines) is 1. The maximum Gasteiger partial charge on any atom is 0.451 e. The number of nitrogens with one attached hydrogen (secondary N) is 2. The van der Waals surface area contributed by atoms with E-state index >= 15 is 0 Å². The van der Waals surface area contributed by atoms with Crippen LogP contribution in [0.15, 0.2) is 30.3 Å². The molecule has 0 saturated carbocycles. The molecule has 1 unspecified atom stereocenters. The maximum atomic E-state index is 12.5. The number of anilines is 1. The highest BCUT2D eigenvalue weighted by Gasteiger charge is 2.36. The Hall–Kier alpha value is -3.11. The standard InChI is InChI=1S/C18H20F3N5O3/c19-18(20,21)16-23-17(25-24-16)22-15(28)12-5-4-9-26(11-12)14(27)8-10-29-13-6-2-1-3-7-13/h1-3,6-7,12H,4-5,8-11H2,(H2,22,23,24,25,28). The molecule has 1 atom stereocenters. The number of rotatable bonds is 6. The van der Waals surface area contributed by atoms with Gasteiger partial charge in [-0.25, -0.2) is 0 Å². The van der Waals surface area contributed by atoms with Crippen molar-refractivity contribution < 1.29 is 27.5 Å². The van der Waals surface area contributed by atoms with E-state index in [4.69, 9.17) is 4.74 Å². The lowest BCUT2D eigenvalue weighted by atomic mass is 9.97. The third-order valence-electron chi connectivity index (χ3n) is 4.46. The molecule has 0 bridgehead atoms. The smallest absolute Gasteiger partial charge is 0.451 e. The summed E-state index contributed by atoms with van der Waals surface area (Å²) >= 11 is 0. The summed E-state index contributed by atoms with van der Waals surface area (Å²) in [5.74, 6) is -2.27. The van der Waals surface area contributed by atoms with Crippen LogP contribution in [0.2, 0.25) is 0 Å². The number of hydrogen-bond acceptors (Lipinski definition) is 5. The van der Waals surface area contributed by atoms with Crippen molar-refractivity contribution >= 4 is 17.8 Å². The number of hydrogen-bond donors (Lipinski definition) is 2. The third kappa shape index (κ3) is 5.69. The lowest BCUT2D eigenvalue weighted by Gasteiger charge is -2.31. The number of aromatic amines is 1. The molecule has 156 valence electrons. The van der Waals surface area contributed by atoms with Crippen LogP contribution in [0, 0.1) is 5.92 Å².